The van der Waals surface area contributed by atoms with Crippen molar-refractivity contribution in [2.45, 2.75) is 6.18 Å². The van der Waals surface area contributed by atoms with Gasteiger partial charge in [-0.2, -0.15) is 13.2 Å². The molecule has 0 amide bonds. The lowest BCUT2D eigenvalue weighted by Gasteiger charge is -2.11. The topological polar surface area (TPSA) is 50.4 Å². The van der Waals surface area contributed by atoms with E-state index in [2.05, 4.69) is 0 Å². The minimum absolute atomic E-state index is 0.0240. The molecule has 1 N–H and O–H groups in total. The van der Waals surface area contributed by atoms with E-state index >= 15 is 0 Å². The fraction of sp³-hybridized carbons (Fsp3) is 0.0714. The minimum atomic E-state index is -4.58. The highest BCUT2D eigenvalue weighted by molar-refractivity contribution is 6.30. The molecule has 1 aromatic carbocycles. The van der Waals surface area contributed by atoms with Gasteiger partial charge in [-0.05, 0) is 36.4 Å². The highest BCUT2D eigenvalue weighted by atomic mass is 35.5. The van der Waals surface area contributed by atoms with Gasteiger partial charge in [-0.25, -0.2) is 4.79 Å². The fourth-order valence-electron chi connectivity index (χ4n) is 1.71. The van der Waals surface area contributed by atoms with Crippen LogP contribution in [0.5, 0.6) is 0 Å². The molecule has 0 aliphatic carbocycles. The number of halogens is 4. The Bertz CT molecular complexity index is 702. The Kier molecular flexibility index (Phi) is 4.09. The van der Waals surface area contributed by atoms with Crippen molar-refractivity contribution >= 4 is 23.6 Å². The second-order valence-electron chi connectivity index (χ2n) is 4.06. The van der Waals surface area contributed by atoms with Crippen LogP contribution in [0, 0.1) is 0 Å². The standard InChI is InChI=1S/C14H8ClF3O3/c15-8-1-4-10(11(7-8)14(16,17)18)12-5-2-9(21-12)3-6-13(19)20/h1-7H,(H,19,20). The number of hydrogen-bond acceptors (Lipinski definition) is 2. The molecule has 21 heavy (non-hydrogen) atoms. The molecule has 0 unspecified atom stereocenters. The molecule has 1 aromatic heterocycles. The van der Waals surface area contributed by atoms with Gasteiger partial charge in [-0.1, -0.05) is 11.6 Å². The number of carbonyl (C=O) groups is 1. The van der Waals surface area contributed by atoms with Crippen LogP contribution in [0.1, 0.15) is 11.3 Å². The van der Waals surface area contributed by atoms with E-state index in [1.165, 1.54) is 24.3 Å². The summed E-state index contributed by atoms with van der Waals surface area (Å²) in [5.41, 5.74) is -1.08. The Morgan fingerprint density at radius 1 is 1.24 bits per heavy atom. The maximum Gasteiger partial charge on any atom is 0.417 e. The first kappa shape index (κ1) is 15.2. The lowest BCUT2D eigenvalue weighted by atomic mass is 10.1. The van der Waals surface area contributed by atoms with Crippen molar-refractivity contribution in [1.82, 2.24) is 0 Å². The van der Waals surface area contributed by atoms with Crippen molar-refractivity contribution in [2.75, 3.05) is 0 Å². The normalized spacial score (nSPS) is 12.0. The number of carboxylic acids is 1. The highest BCUT2D eigenvalue weighted by Gasteiger charge is 2.34. The lowest BCUT2D eigenvalue weighted by molar-refractivity contribution is -0.137. The maximum absolute atomic E-state index is 13.0. The number of carboxylic acid groups (broad SMARTS) is 1. The molecule has 0 bridgehead atoms. The highest BCUT2D eigenvalue weighted by Crippen LogP contribution is 2.39. The van der Waals surface area contributed by atoms with Crippen molar-refractivity contribution in [3.63, 3.8) is 0 Å². The van der Waals surface area contributed by atoms with E-state index in [1.807, 2.05) is 0 Å². The van der Waals surface area contributed by atoms with E-state index in [1.54, 1.807) is 0 Å². The van der Waals surface area contributed by atoms with Gasteiger partial charge >= 0.3 is 12.1 Å². The number of aliphatic carboxylic acids is 1. The summed E-state index contributed by atoms with van der Waals surface area (Å²) in [4.78, 5) is 10.4. The monoisotopic (exact) mass is 316 g/mol. The first-order valence-electron chi connectivity index (χ1n) is 5.65. The summed E-state index contributed by atoms with van der Waals surface area (Å²) in [6.07, 6.45) is -2.60. The second-order valence-corrected chi connectivity index (χ2v) is 4.50. The molecule has 2 rings (SSSR count). The Labute approximate surface area is 122 Å². The molecule has 1 heterocycles. The van der Waals surface area contributed by atoms with Crippen LogP contribution in [0.4, 0.5) is 13.2 Å². The van der Waals surface area contributed by atoms with E-state index in [4.69, 9.17) is 21.1 Å². The van der Waals surface area contributed by atoms with Gasteiger partial charge in [0.1, 0.15) is 11.5 Å². The molecule has 0 saturated carbocycles. The fourth-order valence-corrected chi connectivity index (χ4v) is 1.88. The zero-order valence-electron chi connectivity index (χ0n) is 10.3. The van der Waals surface area contributed by atoms with Gasteiger partial charge in [-0.3, -0.25) is 0 Å². The molecule has 2 aromatic rings. The summed E-state index contributed by atoms with van der Waals surface area (Å²) in [5, 5.41) is 8.45. The Morgan fingerprint density at radius 3 is 2.57 bits per heavy atom. The van der Waals surface area contributed by atoms with E-state index in [9.17, 15) is 18.0 Å². The average Bonchev–Trinajstić information content (AvgIpc) is 2.84. The molecule has 0 fully saturated rings. The van der Waals surface area contributed by atoms with Crippen molar-refractivity contribution in [1.29, 1.82) is 0 Å². The van der Waals surface area contributed by atoms with Gasteiger partial charge in [0, 0.05) is 16.7 Å². The van der Waals surface area contributed by atoms with E-state index in [0.717, 1.165) is 18.2 Å². The van der Waals surface area contributed by atoms with Gasteiger partial charge in [0.15, 0.2) is 0 Å². The van der Waals surface area contributed by atoms with Gasteiger partial charge in [0.2, 0.25) is 0 Å². The van der Waals surface area contributed by atoms with Crippen LogP contribution in [0.25, 0.3) is 17.4 Å². The Morgan fingerprint density at radius 2 is 1.95 bits per heavy atom. The van der Waals surface area contributed by atoms with E-state index in [0.29, 0.717) is 0 Å². The molecule has 0 spiro atoms. The van der Waals surface area contributed by atoms with Crippen molar-refractivity contribution < 1.29 is 27.5 Å². The predicted octanol–water partition coefficient (Wildman–Crippen LogP) is 4.72. The molecule has 0 saturated heterocycles. The van der Waals surface area contributed by atoms with Crippen LogP contribution in [0.2, 0.25) is 5.02 Å². The van der Waals surface area contributed by atoms with Crippen molar-refractivity contribution in [3.05, 3.63) is 52.8 Å². The van der Waals surface area contributed by atoms with Crippen molar-refractivity contribution in [3.8, 4) is 11.3 Å². The molecule has 110 valence electrons. The maximum atomic E-state index is 13.0. The summed E-state index contributed by atoms with van der Waals surface area (Å²) >= 11 is 5.59. The largest absolute Gasteiger partial charge is 0.478 e. The number of hydrogen-bond donors (Lipinski definition) is 1. The van der Waals surface area contributed by atoms with Crippen LogP contribution in [0.15, 0.2) is 40.8 Å². The van der Waals surface area contributed by atoms with Crippen LogP contribution in [-0.2, 0) is 11.0 Å². The van der Waals surface area contributed by atoms with Crippen LogP contribution < -0.4 is 0 Å². The van der Waals surface area contributed by atoms with Crippen LogP contribution in [-0.4, -0.2) is 11.1 Å². The summed E-state index contributed by atoms with van der Waals surface area (Å²) in [6.45, 7) is 0. The SMILES string of the molecule is O=C(O)C=Cc1ccc(-c2ccc(Cl)cc2C(F)(F)F)o1. The number of rotatable bonds is 3. The Balaban J connectivity index is 2.45. The minimum Gasteiger partial charge on any atom is -0.478 e. The number of furan rings is 1. The second kappa shape index (κ2) is 5.65. The quantitative estimate of drug-likeness (QED) is 0.834. The zero-order valence-corrected chi connectivity index (χ0v) is 11.1. The van der Waals surface area contributed by atoms with Gasteiger partial charge in [-0.15, -0.1) is 0 Å². The summed E-state index contributed by atoms with van der Waals surface area (Å²) in [7, 11) is 0. The molecule has 0 aliphatic rings. The summed E-state index contributed by atoms with van der Waals surface area (Å²) in [6, 6.07) is 6.05. The predicted molar refractivity (Wildman–Crippen MR) is 70.8 cm³/mol. The molecular weight excluding hydrogens is 309 g/mol. The zero-order chi connectivity index (χ0) is 15.6. The molecule has 0 atom stereocenters. The van der Waals surface area contributed by atoms with Gasteiger partial charge in [0.05, 0.1) is 5.56 Å². The van der Waals surface area contributed by atoms with Gasteiger partial charge in [0.25, 0.3) is 0 Å². The third-order valence-electron chi connectivity index (χ3n) is 2.57. The smallest absolute Gasteiger partial charge is 0.417 e. The third-order valence-corrected chi connectivity index (χ3v) is 2.80. The molecule has 3 nitrogen and oxygen atoms in total. The molecule has 7 heteroatoms. The lowest BCUT2D eigenvalue weighted by Crippen LogP contribution is -2.06. The molecular formula is C14H8ClF3O3. The first-order valence-corrected chi connectivity index (χ1v) is 6.03. The molecule has 0 radical (unpaired) electrons. The van der Waals surface area contributed by atoms with Crippen LogP contribution in [0.3, 0.4) is 0 Å². The van der Waals surface area contributed by atoms with Crippen LogP contribution >= 0.6 is 11.6 Å². The van der Waals surface area contributed by atoms with Gasteiger partial charge < -0.3 is 9.52 Å². The molecule has 0 aliphatic heterocycles. The first-order chi connectivity index (χ1) is 9.77. The number of alkyl halides is 3. The third kappa shape index (κ3) is 3.66. The van der Waals surface area contributed by atoms with Crippen molar-refractivity contribution in [2.24, 2.45) is 0 Å². The summed E-state index contributed by atoms with van der Waals surface area (Å²) in [5.74, 6) is -1.07. The summed E-state index contributed by atoms with van der Waals surface area (Å²) < 4.78 is 44.2. The van der Waals surface area contributed by atoms with E-state index < -0.39 is 17.7 Å². The Hall–Kier alpha value is -2.21. The number of benzene rings is 1. The van der Waals surface area contributed by atoms with E-state index in [-0.39, 0.29) is 22.1 Å². The average molecular weight is 317 g/mol.